The molecule has 8 heteroatoms. The van der Waals surface area contributed by atoms with Gasteiger partial charge >= 0.3 is 11.7 Å². The van der Waals surface area contributed by atoms with Crippen molar-refractivity contribution < 1.29 is 19.2 Å². The summed E-state index contributed by atoms with van der Waals surface area (Å²) < 4.78 is 9.81. The van der Waals surface area contributed by atoms with E-state index < -0.39 is 10.9 Å². The summed E-state index contributed by atoms with van der Waals surface area (Å²) >= 11 is 0. The van der Waals surface area contributed by atoms with Gasteiger partial charge in [-0.3, -0.25) is 15.2 Å². The lowest BCUT2D eigenvalue weighted by Gasteiger charge is -2.04. The highest BCUT2D eigenvalue weighted by Crippen LogP contribution is 2.36. The van der Waals surface area contributed by atoms with Gasteiger partial charge < -0.3 is 9.47 Å². The number of H-pyrrole nitrogens is 1. The molecular weight excluding hydrogens is 278 g/mol. The van der Waals surface area contributed by atoms with Gasteiger partial charge in [-0.2, -0.15) is 5.10 Å². The Labute approximate surface area is 119 Å². The Morgan fingerprint density at radius 3 is 2.86 bits per heavy atom. The van der Waals surface area contributed by atoms with Crippen molar-refractivity contribution in [2.45, 2.75) is 6.92 Å². The van der Waals surface area contributed by atoms with Gasteiger partial charge in [-0.15, -0.1) is 0 Å². The third-order valence-corrected chi connectivity index (χ3v) is 2.75. The van der Waals surface area contributed by atoms with Crippen LogP contribution < -0.4 is 4.74 Å². The third-order valence-electron chi connectivity index (χ3n) is 2.75. The molecule has 110 valence electrons. The van der Waals surface area contributed by atoms with Gasteiger partial charge in [0.25, 0.3) is 0 Å². The molecule has 0 saturated heterocycles. The second kappa shape index (κ2) is 6.04. The number of nitro groups is 1. The minimum atomic E-state index is -0.592. The molecule has 0 aliphatic carbocycles. The third kappa shape index (κ3) is 2.83. The van der Waals surface area contributed by atoms with E-state index in [0.717, 1.165) is 0 Å². The van der Waals surface area contributed by atoms with Crippen molar-refractivity contribution in [3.8, 4) is 17.0 Å². The molecule has 1 aromatic heterocycles. The standard InChI is InChI=1S/C13H13N3O5/c1-3-21-13(17)10-7-9(14-15-10)8-5-4-6-11(20-2)12(8)16(18)19/h4-7H,3H2,1-2H3,(H,14,15). The highest BCUT2D eigenvalue weighted by Gasteiger charge is 2.23. The van der Waals surface area contributed by atoms with E-state index >= 15 is 0 Å². The van der Waals surface area contributed by atoms with Gasteiger partial charge in [-0.25, -0.2) is 4.79 Å². The number of ether oxygens (including phenoxy) is 2. The van der Waals surface area contributed by atoms with Crippen LogP contribution in [-0.2, 0) is 4.74 Å². The minimum absolute atomic E-state index is 0.0592. The van der Waals surface area contributed by atoms with Crippen molar-refractivity contribution in [3.05, 3.63) is 40.1 Å². The molecule has 0 aliphatic rings. The maximum Gasteiger partial charge on any atom is 0.358 e. The first-order valence-corrected chi connectivity index (χ1v) is 6.12. The van der Waals surface area contributed by atoms with E-state index in [1.165, 1.54) is 19.2 Å². The summed E-state index contributed by atoms with van der Waals surface area (Å²) in [6.45, 7) is 1.90. The molecule has 8 nitrogen and oxygen atoms in total. The molecule has 1 N–H and O–H groups in total. The second-order valence-corrected chi connectivity index (χ2v) is 4.00. The molecule has 0 spiro atoms. The maximum absolute atomic E-state index is 11.6. The topological polar surface area (TPSA) is 107 Å². The SMILES string of the molecule is CCOC(=O)c1cc(-c2cccc(OC)c2[N+](=O)[O-])[nH]n1. The van der Waals surface area contributed by atoms with Crippen molar-refractivity contribution in [3.63, 3.8) is 0 Å². The summed E-state index contributed by atoms with van der Waals surface area (Å²) in [6.07, 6.45) is 0. The Morgan fingerprint density at radius 1 is 1.48 bits per heavy atom. The normalized spacial score (nSPS) is 10.2. The monoisotopic (exact) mass is 291 g/mol. The number of nitrogens with one attached hydrogen (secondary N) is 1. The summed E-state index contributed by atoms with van der Waals surface area (Å²) in [5.41, 5.74) is 0.481. The number of nitro benzene ring substituents is 1. The molecule has 21 heavy (non-hydrogen) atoms. The van der Waals surface area contributed by atoms with Gasteiger partial charge in [0, 0.05) is 0 Å². The fraction of sp³-hybridized carbons (Fsp3) is 0.231. The van der Waals surface area contributed by atoms with Gasteiger partial charge in [-0.05, 0) is 25.1 Å². The number of rotatable bonds is 5. The van der Waals surface area contributed by atoms with Crippen molar-refractivity contribution >= 4 is 11.7 Å². The van der Waals surface area contributed by atoms with Gasteiger partial charge in [0.15, 0.2) is 11.4 Å². The average Bonchev–Trinajstić information content (AvgIpc) is 2.96. The van der Waals surface area contributed by atoms with Crippen LogP contribution in [0.15, 0.2) is 24.3 Å². The lowest BCUT2D eigenvalue weighted by molar-refractivity contribution is -0.385. The van der Waals surface area contributed by atoms with E-state index in [1.54, 1.807) is 19.1 Å². The molecule has 0 amide bonds. The van der Waals surface area contributed by atoms with E-state index in [-0.39, 0.29) is 29.3 Å². The number of carbonyl (C=O) groups excluding carboxylic acids is 1. The van der Waals surface area contributed by atoms with Gasteiger partial charge in [0.1, 0.15) is 0 Å². The maximum atomic E-state index is 11.6. The van der Waals surface area contributed by atoms with Gasteiger partial charge in [0.2, 0.25) is 0 Å². The van der Waals surface area contributed by atoms with Crippen molar-refractivity contribution in [1.29, 1.82) is 0 Å². The number of hydrogen-bond acceptors (Lipinski definition) is 6. The van der Waals surface area contributed by atoms with E-state index in [1.807, 2.05) is 0 Å². The summed E-state index contributed by atoms with van der Waals surface area (Å²) in [6, 6.07) is 6.05. The van der Waals surface area contributed by atoms with Crippen LogP contribution in [0.4, 0.5) is 5.69 Å². The van der Waals surface area contributed by atoms with Crippen LogP contribution in [-0.4, -0.2) is 34.8 Å². The molecule has 2 rings (SSSR count). The first kappa shape index (κ1) is 14.5. The Bertz CT molecular complexity index is 680. The molecule has 0 saturated carbocycles. The molecular formula is C13H13N3O5. The number of methoxy groups -OCH3 is 1. The molecule has 1 heterocycles. The zero-order chi connectivity index (χ0) is 15.4. The van der Waals surface area contributed by atoms with Crippen molar-refractivity contribution in [2.75, 3.05) is 13.7 Å². The predicted molar refractivity (Wildman–Crippen MR) is 73.2 cm³/mol. The fourth-order valence-corrected chi connectivity index (χ4v) is 1.86. The number of benzene rings is 1. The molecule has 0 radical (unpaired) electrons. The van der Waals surface area contributed by atoms with Crippen LogP contribution in [0, 0.1) is 10.1 Å². The average molecular weight is 291 g/mol. The predicted octanol–water partition coefficient (Wildman–Crippen LogP) is 2.17. The van der Waals surface area contributed by atoms with Crippen LogP contribution in [0.1, 0.15) is 17.4 Å². The Morgan fingerprint density at radius 2 is 2.24 bits per heavy atom. The molecule has 2 aromatic rings. The molecule has 0 atom stereocenters. The van der Waals surface area contributed by atoms with Crippen LogP contribution in [0.2, 0.25) is 0 Å². The number of esters is 1. The number of nitrogens with zero attached hydrogens (tertiary/aromatic N) is 2. The van der Waals surface area contributed by atoms with Crippen molar-refractivity contribution in [2.24, 2.45) is 0 Å². The summed E-state index contributed by atoms with van der Waals surface area (Å²) in [4.78, 5) is 22.2. The quantitative estimate of drug-likeness (QED) is 0.514. The van der Waals surface area contributed by atoms with E-state index in [4.69, 9.17) is 9.47 Å². The van der Waals surface area contributed by atoms with E-state index in [2.05, 4.69) is 10.2 Å². The minimum Gasteiger partial charge on any atom is -0.490 e. The number of aromatic nitrogens is 2. The summed E-state index contributed by atoms with van der Waals surface area (Å²) in [7, 11) is 1.35. The molecule has 0 aliphatic heterocycles. The Kier molecular flexibility index (Phi) is 4.17. The molecule has 0 unspecified atom stereocenters. The highest BCUT2D eigenvalue weighted by atomic mass is 16.6. The number of aromatic amines is 1. The second-order valence-electron chi connectivity index (χ2n) is 4.00. The molecule has 0 fully saturated rings. The first-order chi connectivity index (χ1) is 10.1. The number of carbonyl (C=O) groups is 1. The molecule has 1 aromatic carbocycles. The Hall–Kier alpha value is -2.90. The summed E-state index contributed by atoms with van der Waals surface area (Å²) in [5, 5.41) is 17.6. The highest BCUT2D eigenvalue weighted by molar-refractivity contribution is 5.89. The Balaban J connectivity index is 2.48. The van der Waals surface area contributed by atoms with Crippen LogP contribution >= 0.6 is 0 Å². The lowest BCUT2D eigenvalue weighted by Crippen LogP contribution is -2.04. The van der Waals surface area contributed by atoms with E-state index in [0.29, 0.717) is 5.69 Å². The van der Waals surface area contributed by atoms with Crippen LogP contribution in [0.25, 0.3) is 11.3 Å². The number of para-hydroxylation sites is 1. The largest absolute Gasteiger partial charge is 0.490 e. The van der Waals surface area contributed by atoms with Crippen LogP contribution in [0.5, 0.6) is 5.75 Å². The van der Waals surface area contributed by atoms with Crippen LogP contribution in [0.3, 0.4) is 0 Å². The smallest absolute Gasteiger partial charge is 0.358 e. The van der Waals surface area contributed by atoms with E-state index in [9.17, 15) is 14.9 Å². The fourth-order valence-electron chi connectivity index (χ4n) is 1.86. The molecule has 0 bridgehead atoms. The zero-order valence-electron chi connectivity index (χ0n) is 11.5. The van der Waals surface area contributed by atoms with Gasteiger partial charge in [-0.1, -0.05) is 6.07 Å². The van der Waals surface area contributed by atoms with Crippen molar-refractivity contribution in [1.82, 2.24) is 10.2 Å². The zero-order valence-corrected chi connectivity index (χ0v) is 11.5. The van der Waals surface area contributed by atoms with Gasteiger partial charge in [0.05, 0.1) is 29.9 Å². The first-order valence-electron chi connectivity index (χ1n) is 6.12. The summed E-state index contributed by atoms with van der Waals surface area (Å²) in [5.74, 6) is -0.463. The lowest BCUT2D eigenvalue weighted by atomic mass is 10.1. The number of hydrogen-bond donors (Lipinski definition) is 1.